The molecular weight excluding hydrogens is 220 g/mol. The van der Waals surface area contributed by atoms with Crippen molar-refractivity contribution in [2.45, 2.75) is 52.9 Å². The lowest BCUT2D eigenvalue weighted by Gasteiger charge is -2.43. The van der Waals surface area contributed by atoms with Gasteiger partial charge in [-0.25, -0.2) is 0 Å². The molecule has 0 radical (unpaired) electrons. The van der Waals surface area contributed by atoms with E-state index in [0.29, 0.717) is 24.5 Å². The fourth-order valence-electron chi connectivity index (χ4n) is 3.04. The molecule has 1 saturated carbocycles. The maximum atomic E-state index is 11.8. The average molecular weight is 243 g/mol. The molecular formula is C14H23ClO. The van der Waals surface area contributed by atoms with Gasteiger partial charge in [-0.05, 0) is 30.1 Å². The van der Waals surface area contributed by atoms with Crippen molar-refractivity contribution >= 4 is 17.4 Å². The van der Waals surface area contributed by atoms with Gasteiger partial charge in [0.2, 0.25) is 0 Å². The lowest BCUT2D eigenvalue weighted by Crippen LogP contribution is -2.37. The number of ketones is 1. The van der Waals surface area contributed by atoms with Crippen LogP contribution in [0.1, 0.15) is 52.9 Å². The van der Waals surface area contributed by atoms with E-state index in [1.807, 2.05) is 0 Å². The Labute approximate surface area is 104 Å². The number of hydrogen-bond donors (Lipinski definition) is 0. The molecule has 0 bridgehead atoms. The Morgan fingerprint density at radius 2 is 2.00 bits per heavy atom. The Morgan fingerprint density at radius 3 is 2.50 bits per heavy atom. The van der Waals surface area contributed by atoms with Gasteiger partial charge in [0, 0.05) is 18.7 Å². The van der Waals surface area contributed by atoms with Crippen LogP contribution in [0.3, 0.4) is 0 Å². The predicted octanol–water partition coefficient (Wildman–Crippen LogP) is 4.35. The summed E-state index contributed by atoms with van der Waals surface area (Å²) in [6.45, 7) is 10.7. The number of carbonyl (C=O) groups excluding carboxylic acids is 1. The highest BCUT2D eigenvalue weighted by Gasteiger charge is 2.41. The van der Waals surface area contributed by atoms with Gasteiger partial charge in [0.25, 0.3) is 0 Å². The second kappa shape index (κ2) is 4.91. The molecule has 1 nitrogen and oxygen atoms in total. The standard InChI is InChI=1S/C14H23ClO/c1-11(6-5-7-15)14(4)9-12(16)8-13(2,3)10-14/h1,5-10H2,2-4H3. The van der Waals surface area contributed by atoms with Crippen LogP contribution in [0.25, 0.3) is 0 Å². The van der Waals surface area contributed by atoms with Crippen LogP contribution in [0.4, 0.5) is 0 Å². The first-order valence-electron chi connectivity index (χ1n) is 6.05. The lowest BCUT2D eigenvalue weighted by atomic mass is 9.61. The quantitative estimate of drug-likeness (QED) is 0.529. The molecule has 16 heavy (non-hydrogen) atoms. The zero-order valence-corrected chi connectivity index (χ0v) is 11.5. The van der Waals surface area contributed by atoms with Gasteiger partial charge >= 0.3 is 0 Å². The van der Waals surface area contributed by atoms with Crippen LogP contribution >= 0.6 is 11.6 Å². The Hall–Kier alpha value is -0.300. The molecule has 0 heterocycles. The van der Waals surface area contributed by atoms with E-state index in [9.17, 15) is 4.79 Å². The summed E-state index contributed by atoms with van der Waals surface area (Å²) < 4.78 is 0. The summed E-state index contributed by atoms with van der Waals surface area (Å²) in [6, 6.07) is 0. The van der Waals surface area contributed by atoms with E-state index in [-0.39, 0.29) is 10.8 Å². The summed E-state index contributed by atoms with van der Waals surface area (Å²) in [5, 5.41) is 0. The van der Waals surface area contributed by atoms with Gasteiger partial charge in [0.15, 0.2) is 0 Å². The second-order valence-electron chi connectivity index (χ2n) is 6.19. The van der Waals surface area contributed by atoms with E-state index in [1.54, 1.807) is 0 Å². The van der Waals surface area contributed by atoms with Crippen LogP contribution in [0.2, 0.25) is 0 Å². The minimum absolute atomic E-state index is 0.00904. The van der Waals surface area contributed by atoms with E-state index in [1.165, 1.54) is 5.57 Å². The Balaban J connectivity index is 2.75. The van der Waals surface area contributed by atoms with Gasteiger partial charge in [0.1, 0.15) is 5.78 Å². The molecule has 1 rings (SSSR count). The summed E-state index contributed by atoms with van der Waals surface area (Å²) in [5.41, 5.74) is 1.31. The minimum Gasteiger partial charge on any atom is -0.300 e. The average Bonchev–Trinajstić information content (AvgIpc) is 2.09. The van der Waals surface area contributed by atoms with Gasteiger partial charge in [-0.15, -0.1) is 11.6 Å². The van der Waals surface area contributed by atoms with Crippen LogP contribution < -0.4 is 0 Å². The van der Waals surface area contributed by atoms with Crippen molar-refractivity contribution < 1.29 is 4.79 Å². The number of hydrogen-bond acceptors (Lipinski definition) is 1. The molecule has 0 aromatic heterocycles. The van der Waals surface area contributed by atoms with Crippen LogP contribution in [-0.4, -0.2) is 11.7 Å². The molecule has 2 heteroatoms. The first kappa shape index (κ1) is 13.8. The van der Waals surface area contributed by atoms with Crippen molar-refractivity contribution in [2.24, 2.45) is 10.8 Å². The third kappa shape index (κ3) is 3.35. The molecule has 0 N–H and O–H groups in total. The van der Waals surface area contributed by atoms with E-state index in [2.05, 4.69) is 27.4 Å². The maximum Gasteiger partial charge on any atom is 0.134 e. The number of carbonyl (C=O) groups is 1. The highest BCUT2D eigenvalue weighted by atomic mass is 35.5. The van der Waals surface area contributed by atoms with Crippen molar-refractivity contribution in [2.75, 3.05) is 5.88 Å². The zero-order chi connectivity index (χ0) is 12.4. The van der Waals surface area contributed by atoms with Crippen molar-refractivity contribution in [1.29, 1.82) is 0 Å². The lowest BCUT2D eigenvalue weighted by molar-refractivity contribution is -0.126. The summed E-state index contributed by atoms with van der Waals surface area (Å²) in [5.74, 6) is 1.05. The van der Waals surface area contributed by atoms with Crippen LogP contribution in [-0.2, 0) is 4.79 Å². The van der Waals surface area contributed by atoms with Crippen molar-refractivity contribution in [3.05, 3.63) is 12.2 Å². The molecule has 0 saturated heterocycles. The minimum atomic E-state index is -0.00904. The summed E-state index contributed by atoms with van der Waals surface area (Å²) in [6.07, 6.45) is 4.35. The van der Waals surface area contributed by atoms with Gasteiger partial charge in [-0.3, -0.25) is 4.79 Å². The molecule has 1 atom stereocenters. The molecule has 0 aromatic rings. The Kier molecular flexibility index (Phi) is 4.23. The van der Waals surface area contributed by atoms with Gasteiger partial charge in [0.05, 0.1) is 0 Å². The first-order chi connectivity index (χ1) is 7.29. The van der Waals surface area contributed by atoms with E-state index in [0.717, 1.165) is 19.3 Å². The van der Waals surface area contributed by atoms with Crippen molar-refractivity contribution in [3.8, 4) is 0 Å². The highest BCUT2D eigenvalue weighted by molar-refractivity contribution is 6.17. The molecule has 1 aliphatic rings. The highest BCUT2D eigenvalue weighted by Crippen LogP contribution is 2.49. The number of halogens is 1. The monoisotopic (exact) mass is 242 g/mol. The maximum absolute atomic E-state index is 11.8. The molecule has 0 amide bonds. The van der Waals surface area contributed by atoms with Crippen LogP contribution in [0, 0.1) is 10.8 Å². The number of alkyl halides is 1. The topological polar surface area (TPSA) is 17.1 Å². The number of allylic oxidation sites excluding steroid dienone is 1. The molecule has 92 valence electrons. The fraction of sp³-hybridized carbons (Fsp3) is 0.786. The predicted molar refractivity (Wildman–Crippen MR) is 69.8 cm³/mol. The zero-order valence-electron chi connectivity index (χ0n) is 10.7. The molecule has 1 fully saturated rings. The third-order valence-electron chi connectivity index (χ3n) is 3.60. The summed E-state index contributed by atoms with van der Waals surface area (Å²) in [4.78, 5) is 11.8. The van der Waals surface area contributed by atoms with Crippen molar-refractivity contribution in [1.82, 2.24) is 0 Å². The Bertz CT molecular complexity index is 293. The van der Waals surface area contributed by atoms with E-state index in [4.69, 9.17) is 11.6 Å². The SMILES string of the molecule is C=C(CCCCl)C1(C)CC(=O)CC(C)(C)C1. The van der Waals surface area contributed by atoms with Gasteiger partial charge in [-0.2, -0.15) is 0 Å². The van der Waals surface area contributed by atoms with Crippen LogP contribution in [0.15, 0.2) is 12.2 Å². The summed E-state index contributed by atoms with van der Waals surface area (Å²) >= 11 is 5.71. The first-order valence-corrected chi connectivity index (χ1v) is 6.58. The van der Waals surface area contributed by atoms with Crippen molar-refractivity contribution in [3.63, 3.8) is 0 Å². The summed E-state index contributed by atoms with van der Waals surface area (Å²) in [7, 11) is 0. The molecule has 0 spiro atoms. The molecule has 0 aliphatic heterocycles. The molecule has 0 aromatic carbocycles. The Morgan fingerprint density at radius 1 is 1.38 bits per heavy atom. The van der Waals surface area contributed by atoms with Crippen LogP contribution in [0.5, 0.6) is 0 Å². The largest absolute Gasteiger partial charge is 0.300 e. The smallest absolute Gasteiger partial charge is 0.134 e. The molecule has 1 aliphatic carbocycles. The third-order valence-corrected chi connectivity index (χ3v) is 3.86. The van der Waals surface area contributed by atoms with Gasteiger partial charge < -0.3 is 0 Å². The number of rotatable bonds is 4. The van der Waals surface area contributed by atoms with E-state index >= 15 is 0 Å². The van der Waals surface area contributed by atoms with E-state index < -0.39 is 0 Å². The second-order valence-corrected chi connectivity index (χ2v) is 6.57. The molecule has 1 unspecified atom stereocenters. The number of Topliss-reactive ketones (excluding diaryl/α,β-unsaturated/α-hetero) is 1. The fourth-order valence-corrected chi connectivity index (χ4v) is 3.18. The normalized spacial score (nSPS) is 29.1. The van der Waals surface area contributed by atoms with Gasteiger partial charge in [-0.1, -0.05) is 32.9 Å².